The summed E-state index contributed by atoms with van der Waals surface area (Å²) in [6, 6.07) is 5.63. The minimum Gasteiger partial charge on any atom is -0.388 e. The molecular formula is C15H17N5O2. The van der Waals surface area contributed by atoms with Crippen molar-refractivity contribution in [2.24, 2.45) is 0 Å². The Balaban J connectivity index is 1.76. The number of nitrogens with zero attached hydrogens (tertiary/aromatic N) is 5. The highest BCUT2D eigenvalue weighted by Gasteiger charge is 2.35. The van der Waals surface area contributed by atoms with Crippen LogP contribution in [0.25, 0.3) is 0 Å². The lowest BCUT2D eigenvalue weighted by Gasteiger charge is -2.39. The fourth-order valence-electron chi connectivity index (χ4n) is 2.85. The zero-order chi connectivity index (χ0) is 15.6. The van der Waals surface area contributed by atoms with Gasteiger partial charge in [0, 0.05) is 25.0 Å². The summed E-state index contributed by atoms with van der Waals surface area (Å²) >= 11 is 0. The fraction of sp³-hybridized carbons (Fsp3) is 0.467. The van der Waals surface area contributed by atoms with Gasteiger partial charge in [-0.2, -0.15) is 10.2 Å². The van der Waals surface area contributed by atoms with E-state index in [4.69, 9.17) is 9.78 Å². The molecule has 7 heteroatoms. The van der Waals surface area contributed by atoms with Crippen LogP contribution in [-0.2, 0) is 6.42 Å². The second-order valence-corrected chi connectivity index (χ2v) is 5.67. The third kappa shape index (κ3) is 3.07. The van der Waals surface area contributed by atoms with E-state index in [-0.39, 0.29) is 0 Å². The van der Waals surface area contributed by atoms with Crippen LogP contribution in [0.4, 0.5) is 5.69 Å². The maximum Gasteiger partial charge on any atom is 0.229 e. The highest BCUT2D eigenvalue weighted by Crippen LogP contribution is 2.28. The molecule has 7 nitrogen and oxygen atoms in total. The number of hydrogen-bond donors (Lipinski definition) is 1. The highest BCUT2D eigenvalue weighted by molar-refractivity contribution is 5.49. The van der Waals surface area contributed by atoms with Gasteiger partial charge in [-0.15, -0.1) is 0 Å². The van der Waals surface area contributed by atoms with Gasteiger partial charge in [0.05, 0.1) is 12.0 Å². The number of aliphatic hydroxyl groups is 1. The van der Waals surface area contributed by atoms with Gasteiger partial charge in [0.1, 0.15) is 11.8 Å². The summed E-state index contributed by atoms with van der Waals surface area (Å²) in [6.45, 7) is 3.05. The molecule has 2 aromatic rings. The molecule has 1 saturated heterocycles. The van der Waals surface area contributed by atoms with Crippen LogP contribution in [0, 0.1) is 18.3 Å². The zero-order valence-electron chi connectivity index (χ0n) is 12.4. The van der Waals surface area contributed by atoms with Crippen molar-refractivity contribution in [3.8, 4) is 6.07 Å². The molecule has 1 aliphatic rings. The molecular weight excluding hydrogens is 282 g/mol. The van der Waals surface area contributed by atoms with E-state index in [1.165, 1.54) is 0 Å². The topological polar surface area (TPSA) is 99.1 Å². The molecule has 1 atom stereocenters. The molecule has 3 rings (SSSR count). The summed E-state index contributed by atoms with van der Waals surface area (Å²) < 4.78 is 5.12. The van der Waals surface area contributed by atoms with Gasteiger partial charge in [0.15, 0.2) is 5.82 Å². The van der Waals surface area contributed by atoms with Crippen LogP contribution in [0.3, 0.4) is 0 Å². The number of pyridine rings is 1. The predicted molar refractivity (Wildman–Crippen MR) is 78.1 cm³/mol. The Morgan fingerprint density at radius 3 is 3.14 bits per heavy atom. The second-order valence-electron chi connectivity index (χ2n) is 5.67. The van der Waals surface area contributed by atoms with Gasteiger partial charge < -0.3 is 14.5 Å². The molecule has 1 N–H and O–H groups in total. The van der Waals surface area contributed by atoms with Gasteiger partial charge in [-0.25, -0.2) is 4.98 Å². The van der Waals surface area contributed by atoms with Gasteiger partial charge in [-0.05, 0) is 31.9 Å². The number of piperidine rings is 1. The molecule has 22 heavy (non-hydrogen) atoms. The molecule has 1 unspecified atom stereocenters. The smallest absolute Gasteiger partial charge is 0.229 e. The first-order valence-corrected chi connectivity index (χ1v) is 7.21. The van der Waals surface area contributed by atoms with Crippen LogP contribution < -0.4 is 4.90 Å². The van der Waals surface area contributed by atoms with Gasteiger partial charge in [0.25, 0.3) is 0 Å². The van der Waals surface area contributed by atoms with Gasteiger partial charge in [-0.1, -0.05) is 5.16 Å². The number of hydrogen-bond acceptors (Lipinski definition) is 7. The Morgan fingerprint density at radius 1 is 1.55 bits per heavy atom. The third-order valence-corrected chi connectivity index (χ3v) is 3.83. The minimum absolute atomic E-state index is 0.334. The van der Waals surface area contributed by atoms with Crippen LogP contribution in [-0.4, -0.2) is 38.9 Å². The quantitative estimate of drug-likeness (QED) is 0.909. The average molecular weight is 299 g/mol. The lowest BCUT2D eigenvalue weighted by molar-refractivity contribution is 0.0193. The average Bonchev–Trinajstić information content (AvgIpc) is 2.91. The first-order valence-electron chi connectivity index (χ1n) is 7.21. The molecule has 0 aromatic carbocycles. The normalized spacial score (nSPS) is 21.6. The van der Waals surface area contributed by atoms with Crippen LogP contribution >= 0.6 is 0 Å². The number of rotatable bonds is 3. The van der Waals surface area contributed by atoms with E-state index < -0.39 is 5.60 Å². The van der Waals surface area contributed by atoms with Crippen LogP contribution in [0.1, 0.15) is 30.3 Å². The number of aryl methyl sites for hydroxylation is 1. The molecule has 0 bridgehead atoms. The number of aromatic nitrogens is 3. The lowest BCUT2D eigenvalue weighted by atomic mass is 9.89. The molecule has 1 fully saturated rings. The minimum atomic E-state index is -0.909. The number of anilines is 1. The zero-order valence-corrected chi connectivity index (χ0v) is 12.4. The van der Waals surface area contributed by atoms with E-state index in [0.717, 1.165) is 18.7 Å². The van der Waals surface area contributed by atoms with E-state index in [1.807, 2.05) is 12.1 Å². The molecule has 0 amide bonds. The second kappa shape index (κ2) is 5.73. The summed E-state index contributed by atoms with van der Waals surface area (Å²) in [5.41, 5.74) is 0.360. The lowest BCUT2D eigenvalue weighted by Crippen LogP contribution is -2.49. The van der Waals surface area contributed by atoms with Crippen molar-refractivity contribution in [3.05, 3.63) is 35.7 Å². The molecule has 2 aromatic heterocycles. The number of β-amino-alcohol motifs (C(OH)–C–C–N with tert-alkyl or cyclic N) is 1. The molecule has 0 saturated carbocycles. The van der Waals surface area contributed by atoms with E-state index in [2.05, 4.69) is 20.0 Å². The van der Waals surface area contributed by atoms with Crippen LogP contribution in [0.5, 0.6) is 0 Å². The maximum absolute atomic E-state index is 10.8. The van der Waals surface area contributed by atoms with Crippen LogP contribution in [0.2, 0.25) is 0 Å². The van der Waals surface area contributed by atoms with Crippen molar-refractivity contribution in [2.75, 3.05) is 18.0 Å². The summed E-state index contributed by atoms with van der Waals surface area (Å²) in [6.07, 6.45) is 3.48. The summed E-state index contributed by atoms with van der Waals surface area (Å²) in [5.74, 6) is 1.02. The maximum atomic E-state index is 10.8. The Kier molecular flexibility index (Phi) is 3.77. The van der Waals surface area contributed by atoms with Crippen molar-refractivity contribution >= 4 is 5.69 Å². The fourth-order valence-corrected chi connectivity index (χ4v) is 2.85. The van der Waals surface area contributed by atoms with Gasteiger partial charge in [0.2, 0.25) is 5.89 Å². The van der Waals surface area contributed by atoms with E-state index in [9.17, 15) is 5.11 Å². The molecule has 0 radical (unpaired) electrons. The summed E-state index contributed by atoms with van der Waals surface area (Å²) in [7, 11) is 0. The molecule has 0 spiro atoms. The SMILES string of the molecule is Cc1noc(CC2(O)CCCN(c3ccnc(C#N)c3)C2)n1. The first-order chi connectivity index (χ1) is 10.6. The summed E-state index contributed by atoms with van der Waals surface area (Å²) in [5, 5.41) is 23.6. The molecule has 0 aliphatic carbocycles. The van der Waals surface area contributed by atoms with E-state index in [1.54, 1.807) is 19.2 Å². The molecule has 1 aliphatic heterocycles. The van der Waals surface area contributed by atoms with Crippen molar-refractivity contribution < 1.29 is 9.63 Å². The van der Waals surface area contributed by atoms with Crippen molar-refractivity contribution in [2.45, 2.75) is 31.8 Å². The summed E-state index contributed by atoms with van der Waals surface area (Å²) in [4.78, 5) is 10.2. The van der Waals surface area contributed by atoms with Crippen molar-refractivity contribution in [1.82, 2.24) is 15.1 Å². The van der Waals surface area contributed by atoms with Crippen molar-refractivity contribution in [1.29, 1.82) is 5.26 Å². The molecule has 3 heterocycles. The van der Waals surface area contributed by atoms with Gasteiger partial charge in [-0.3, -0.25) is 0 Å². The monoisotopic (exact) mass is 299 g/mol. The first kappa shape index (κ1) is 14.5. The Labute approximate surface area is 128 Å². The van der Waals surface area contributed by atoms with Gasteiger partial charge >= 0.3 is 0 Å². The van der Waals surface area contributed by atoms with E-state index in [0.29, 0.717) is 36.8 Å². The predicted octanol–water partition coefficient (Wildman–Crippen LogP) is 1.22. The van der Waals surface area contributed by atoms with Crippen molar-refractivity contribution in [3.63, 3.8) is 0 Å². The molecule has 114 valence electrons. The van der Waals surface area contributed by atoms with Crippen LogP contribution in [0.15, 0.2) is 22.9 Å². The Hall–Kier alpha value is -2.46. The third-order valence-electron chi connectivity index (χ3n) is 3.83. The highest BCUT2D eigenvalue weighted by atomic mass is 16.5. The number of nitriles is 1. The Bertz CT molecular complexity index is 708. The Morgan fingerprint density at radius 2 is 2.41 bits per heavy atom. The standard InChI is InChI=1S/C15H17N5O2/c1-11-18-14(22-19-11)8-15(21)4-2-6-20(10-15)13-3-5-17-12(7-13)9-16/h3,5,7,21H,2,4,6,8,10H2,1H3. The van der Waals surface area contributed by atoms with E-state index >= 15 is 0 Å². The largest absolute Gasteiger partial charge is 0.388 e.